The van der Waals surface area contributed by atoms with Gasteiger partial charge in [-0.15, -0.1) is 0 Å². The highest BCUT2D eigenvalue weighted by molar-refractivity contribution is 5.80. The van der Waals surface area contributed by atoms with Crippen LogP contribution in [-0.2, 0) is 22.5 Å². The average Bonchev–Trinajstić information content (AvgIpc) is 3.64. The third-order valence-corrected chi connectivity index (χ3v) is 6.24. The fourth-order valence-electron chi connectivity index (χ4n) is 4.48. The number of benzene rings is 2. The molecule has 2 aromatic carbocycles. The van der Waals surface area contributed by atoms with E-state index in [-0.39, 0.29) is 5.92 Å². The van der Waals surface area contributed by atoms with E-state index >= 15 is 0 Å². The summed E-state index contributed by atoms with van der Waals surface area (Å²) >= 11 is 0. The van der Waals surface area contributed by atoms with Crippen LogP contribution in [0.3, 0.4) is 0 Å². The Kier molecular flexibility index (Phi) is 7.19. The van der Waals surface area contributed by atoms with Crippen molar-refractivity contribution in [3.8, 4) is 11.1 Å². The number of hydrogen-bond acceptors (Lipinski definition) is 3. The molecule has 1 saturated carbocycles. The number of hydrogen-bond donors (Lipinski definition) is 1. The van der Waals surface area contributed by atoms with Crippen LogP contribution in [0, 0.1) is 5.92 Å². The molecule has 2 aromatic rings. The highest BCUT2D eigenvalue weighted by Gasteiger charge is 2.36. The van der Waals surface area contributed by atoms with Crippen LogP contribution < -0.4 is 5.32 Å². The smallest absolute Gasteiger partial charge is 0.227 e. The van der Waals surface area contributed by atoms with Crippen LogP contribution in [-0.4, -0.2) is 43.7 Å². The largest absolute Gasteiger partial charge is 0.385 e. The van der Waals surface area contributed by atoms with Gasteiger partial charge < -0.3 is 15.0 Å². The summed E-state index contributed by atoms with van der Waals surface area (Å²) in [5.41, 5.74) is 5.04. The highest BCUT2D eigenvalue weighted by Crippen LogP contribution is 2.32. The third-order valence-electron chi connectivity index (χ3n) is 6.24. The maximum atomic E-state index is 13.3. The minimum Gasteiger partial charge on any atom is -0.385 e. The molecule has 160 valence electrons. The van der Waals surface area contributed by atoms with Crippen molar-refractivity contribution < 1.29 is 9.53 Å². The van der Waals surface area contributed by atoms with E-state index in [0.717, 1.165) is 64.8 Å². The molecule has 1 atom stereocenters. The van der Waals surface area contributed by atoms with Crippen molar-refractivity contribution in [1.29, 1.82) is 0 Å². The topological polar surface area (TPSA) is 41.6 Å². The molecule has 1 amide bonds. The van der Waals surface area contributed by atoms with Crippen LogP contribution in [0.4, 0.5) is 0 Å². The van der Waals surface area contributed by atoms with E-state index in [0.29, 0.717) is 11.9 Å². The van der Waals surface area contributed by atoms with Gasteiger partial charge in [-0.05, 0) is 73.4 Å². The standard InChI is InChI=1S/C26H34N2O2/c1-30-14-6-7-20-15-21(17-24(16-20)22-8-3-2-4-9-22)19-28(25-11-12-25)26(29)23-10-5-13-27-18-23/h2-4,8-9,15-17,23,25,27H,5-7,10-14,18-19H2,1H3. The zero-order valence-electron chi connectivity index (χ0n) is 18.1. The lowest BCUT2D eigenvalue weighted by atomic mass is 9.96. The molecule has 0 aromatic heterocycles. The third kappa shape index (κ3) is 5.50. The van der Waals surface area contributed by atoms with E-state index in [4.69, 9.17) is 4.74 Å². The number of aryl methyl sites for hydroxylation is 1. The predicted molar refractivity (Wildman–Crippen MR) is 121 cm³/mol. The fourth-order valence-corrected chi connectivity index (χ4v) is 4.48. The number of methoxy groups -OCH3 is 1. The van der Waals surface area contributed by atoms with E-state index < -0.39 is 0 Å². The molecule has 2 fully saturated rings. The second kappa shape index (κ2) is 10.2. The summed E-state index contributed by atoms with van der Waals surface area (Å²) in [6, 6.07) is 17.8. The molecule has 2 aliphatic rings. The number of carbonyl (C=O) groups excluding carboxylic acids is 1. The molecule has 4 nitrogen and oxygen atoms in total. The summed E-state index contributed by atoms with van der Waals surface area (Å²) in [6.45, 7) is 3.36. The molecular formula is C26H34N2O2. The predicted octanol–water partition coefficient (Wildman–Crippen LogP) is 4.42. The van der Waals surface area contributed by atoms with Gasteiger partial charge in [0.1, 0.15) is 0 Å². The average molecular weight is 407 g/mol. The Labute approximate surface area is 180 Å². The Bertz CT molecular complexity index is 826. The van der Waals surface area contributed by atoms with Crippen LogP contribution in [0.2, 0.25) is 0 Å². The first kappa shape index (κ1) is 21.1. The van der Waals surface area contributed by atoms with E-state index in [9.17, 15) is 4.79 Å². The van der Waals surface area contributed by atoms with Gasteiger partial charge >= 0.3 is 0 Å². The lowest BCUT2D eigenvalue weighted by molar-refractivity contribution is -0.137. The van der Waals surface area contributed by atoms with Crippen molar-refractivity contribution in [2.75, 3.05) is 26.8 Å². The molecule has 1 heterocycles. The maximum Gasteiger partial charge on any atom is 0.227 e. The molecule has 4 rings (SSSR count). The van der Waals surface area contributed by atoms with E-state index in [1.807, 2.05) is 0 Å². The van der Waals surface area contributed by atoms with Gasteiger partial charge in [0, 0.05) is 32.8 Å². The minimum atomic E-state index is 0.137. The zero-order valence-corrected chi connectivity index (χ0v) is 18.1. The summed E-state index contributed by atoms with van der Waals surface area (Å²) < 4.78 is 5.25. The summed E-state index contributed by atoms with van der Waals surface area (Å²) in [4.78, 5) is 15.5. The van der Waals surface area contributed by atoms with Gasteiger partial charge in [0.05, 0.1) is 5.92 Å². The van der Waals surface area contributed by atoms with Crippen LogP contribution >= 0.6 is 0 Å². The quantitative estimate of drug-likeness (QED) is 0.627. The number of nitrogens with zero attached hydrogens (tertiary/aromatic N) is 1. The number of piperidine rings is 1. The van der Waals surface area contributed by atoms with Gasteiger partial charge in [0.2, 0.25) is 5.91 Å². The van der Waals surface area contributed by atoms with Gasteiger partial charge in [-0.2, -0.15) is 0 Å². The molecule has 4 heteroatoms. The monoisotopic (exact) mass is 406 g/mol. The first-order valence-corrected chi connectivity index (χ1v) is 11.4. The van der Waals surface area contributed by atoms with Gasteiger partial charge in [-0.1, -0.05) is 42.5 Å². The molecule has 1 saturated heterocycles. The van der Waals surface area contributed by atoms with Gasteiger partial charge in [0.25, 0.3) is 0 Å². The number of amides is 1. The number of rotatable bonds is 9. The van der Waals surface area contributed by atoms with E-state index in [1.165, 1.54) is 22.3 Å². The molecule has 1 aliphatic heterocycles. The van der Waals surface area contributed by atoms with E-state index in [1.54, 1.807) is 7.11 Å². The Hall–Kier alpha value is -2.17. The second-order valence-corrected chi connectivity index (χ2v) is 8.74. The number of ether oxygens (including phenoxy) is 1. The number of nitrogens with one attached hydrogen (secondary N) is 1. The first-order valence-electron chi connectivity index (χ1n) is 11.4. The lowest BCUT2D eigenvalue weighted by Crippen LogP contribution is -2.43. The molecule has 30 heavy (non-hydrogen) atoms. The molecule has 0 spiro atoms. The second-order valence-electron chi connectivity index (χ2n) is 8.74. The van der Waals surface area contributed by atoms with Crippen LogP contribution in [0.1, 0.15) is 43.2 Å². The molecular weight excluding hydrogens is 372 g/mol. The van der Waals surface area contributed by atoms with Crippen molar-refractivity contribution in [2.24, 2.45) is 5.92 Å². The minimum absolute atomic E-state index is 0.137. The van der Waals surface area contributed by atoms with Crippen molar-refractivity contribution in [3.05, 3.63) is 59.7 Å². The van der Waals surface area contributed by atoms with Crippen molar-refractivity contribution in [2.45, 2.75) is 51.1 Å². The Morgan fingerprint density at radius 3 is 2.57 bits per heavy atom. The van der Waals surface area contributed by atoms with Gasteiger partial charge in [-0.3, -0.25) is 4.79 Å². The Morgan fingerprint density at radius 1 is 1.07 bits per heavy atom. The summed E-state index contributed by atoms with van der Waals surface area (Å²) in [7, 11) is 1.76. The molecule has 1 N–H and O–H groups in total. The van der Waals surface area contributed by atoms with Gasteiger partial charge in [-0.25, -0.2) is 0 Å². The van der Waals surface area contributed by atoms with Crippen LogP contribution in [0.25, 0.3) is 11.1 Å². The van der Waals surface area contributed by atoms with Gasteiger partial charge in [0.15, 0.2) is 0 Å². The molecule has 1 aliphatic carbocycles. The zero-order chi connectivity index (χ0) is 20.8. The maximum absolute atomic E-state index is 13.3. The van der Waals surface area contributed by atoms with Crippen molar-refractivity contribution >= 4 is 5.91 Å². The molecule has 1 unspecified atom stereocenters. The Balaban J connectivity index is 1.57. The first-order chi connectivity index (χ1) is 14.7. The highest BCUT2D eigenvalue weighted by atomic mass is 16.5. The van der Waals surface area contributed by atoms with Crippen LogP contribution in [0.15, 0.2) is 48.5 Å². The summed E-state index contributed by atoms with van der Waals surface area (Å²) in [6.07, 6.45) is 6.40. The lowest BCUT2D eigenvalue weighted by Gasteiger charge is -2.30. The SMILES string of the molecule is COCCCc1cc(CN(C(=O)C2CCCNC2)C2CC2)cc(-c2ccccc2)c1. The number of carbonyl (C=O) groups is 1. The Morgan fingerprint density at radius 2 is 1.87 bits per heavy atom. The molecule has 0 bridgehead atoms. The van der Waals surface area contributed by atoms with Crippen molar-refractivity contribution in [3.63, 3.8) is 0 Å². The fraction of sp³-hybridized carbons (Fsp3) is 0.500. The summed E-state index contributed by atoms with van der Waals surface area (Å²) in [5.74, 6) is 0.480. The van der Waals surface area contributed by atoms with Crippen LogP contribution in [0.5, 0.6) is 0 Å². The van der Waals surface area contributed by atoms with E-state index in [2.05, 4.69) is 58.7 Å². The molecule has 0 radical (unpaired) electrons. The normalized spacial score (nSPS) is 18.9. The summed E-state index contributed by atoms with van der Waals surface area (Å²) in [5, 5.41) is 3.40. The van der Waals surface area contributed by atoms with Crippen molar-refractivity contribution in [1.82, 2.24) is 10.2 Å².